The molecule has 1 amide bonds. The van der Waals surface area contributed by atoms with Gasteiger partial charge in [0, 0.05) is 5.56 Å². The molecule has 7 nitrogen and oxygen atoms in total. The first kappa shape index (κ1) is 24.5. The molecule has 1 aromatic heterocycles. The molecule has 0 aliphatic carbocycles. The minimum absolute atomic E-state index is 0.0827. The highest BCUT2D eigenvalue weighted by atomic mass is 79.9. The highest BCUT2D eigenvalue weighted by Crippen LogP contribution is 2.30. The Kier molecular flexibility index (Phi) is 7.51. The summed E-state index contributed by atoms with van der Waals surface area (Å²) in [5, 5.41) is 10.9. The number of benzene rings is 3. The van der Waals surface area contributed by atoms with Crippen LogP contribution in [0.5, 0.6) is 11.5 Å². The van der Waals surface area contributed by atoms with Gasteiger partial charge in [0.1, 0.15) is 13.2 Å². The maximum Gasteiger partial charge on any atom is 0.261 e. The van der Waals surface area contributed by atoms with Gasteiger partial charge < -0.3 is 9.47 Å². The SMILES string of the molecule is COc1cc(C(C)=NNC(=O)Cn2nc(C)c(Br)c2C)ccc1OCc1cccc2ccccc12. The predicted molar refractivity (Wildman–Crippen MR) is 141 cm³/mol. The quantitative estimate of drug-likeness (QED) is 0.237. The van der Waals surface area contributed by atoms with E-state index in [2.05, 4.69) is 55.8 Å². The van der Waals surface area contributed by atoms with Crippen molar-refractivity contribution in [3.63, 3.8) is 0 Å². The van der Waals surface area contributed by atoms with Crippen LogP contribution in [0.3, 0.4) is 0 Å². The van der Waals surface area contributed by atoms with Crippen LogP contribution in [0.15, 0.2) is 70.2 Å². The van der Waals surface area contributed by atoms with Crippen LogP contribution < -0.4 is 14.9 Å². The molecular formula is C27H27BrN4O3. The molecule has 0 fully saturated rings. The number of hydrazone groups is 1. The smallest absolute Gasteiger partial charge is 0.261 e. The van der Waals surface area contributed by atoms with Crippen molar-refractivity contribution in [3.8, 4) is 11.5 Å². The Balaban J connectivity index is 1.43. The Morgan fingerprint density at radius 3 is 2.60 bits per heavy atom. The second-order valence-electron chi connectivity index (χ2n) is 8.17. The molecule has 0 bridgehead atoms. The summed E-state index contributed by atoms with van der Waals surface area (Å²) in [6.45, 7) is 6.12. The molecule has 0 aliphatic heterocycles. The van der Waals surface area contributed by atoms with E-state index in [1.807, 2.05) is 57.2 Å². The lowest BCUT2D eigenvalue weighted by Crippen LogP contribution is -2.25. The molecule has 0 saturated carbocycles. The number of nitrogens with zero attached hydrogens (tertiary/aromatic N) is 3. The molecule has 4 aromatic rings. The molecule has 0 unspecified atom stereocenters. The fraction of sp³-hybridized carbons (Fsp3) is 0.222. The van der Waals surface area contributed by atoms with E-state index in [0.29, 0.717) is 23.8 Å². The van der Waals surface area contributed by atoms with Crippen molar-refractivity contribution in [1.82, 2.24) is 15.2 Å². The molecule has 35 heavy (non-hydrogen) atoms. The van der Waals surface area contributed by atoms with Crippen LogP contribution >= 0.6 is 15.9 Å². The van der Waals surface area contributed by atoms with E-state index >= 15 is 0 Å². The van der Waals surface area contributed by atoms with E-state index in [9.17, 15) is 4.79 Å². The van der Waals surface area contributed by atoms with Crippen LogP contribution in [0.2, 0.25) is 0 Å². The monoisotopic (exact) mass is 534 g/mol. The van der Waals surface area contributed by atoms with E-state index in [-0.39, 0.29) is 12.5 Å². The summed E-state index contributed by atoms with van der Waals surface area (Å²) < 4.78 is 14.2. The lowest BCUT2D eigenvalue weighted by Gasteiger charge is -2.13. The van der Waals surface area contributed by atoms with Gasteiger partial charge in [0.2, 0.25) is 0 Å². The van der Waals surface area contributed by atoms with Gasteiger partial charge in [-0.2, -0.15) is 10.2 Å². The molecule has 0 radical (unpaired) electrons. The van der Waals surface area contributed by atoms with Crippen LogP contribution in [0.1, 0.15) is 29.4 Å². The van der Waals surface area contributed by atoms with Crippen molar-refractivity contribution >= 4 is 38.3 Å². The van der Waals surface area contributed by atoms with Crippen LogP contribution in [0.25, 0.3) is 10.8 Å². The Morgan fingerprint density at radius 2 is 1.86 bits per heavy atom. The van der Waals surface area contributed by atoms with Gasteiger partial charge in [0.05, 0.1) is 28.7 Å². The van der Waals surface area contributed by atoms with Crippen LogP contribution in [0.4, 0.5) is 0 Å². The molecule has 0 atom stereocenters. The molecule has 4 rings (SSSR count). The van der Waals surface area contributed by atoms with Crippen LogP contribution in [-0.4, -0.2) is 28.5 Å². The second kappa shape index (κ2) is 10.7. The van der Waals surface area contributed by atoms with Gasteiger partial charge >= 0.3 is 0 Å². The summed E-state index contributed by atoms with van der Waals surface area (Å²) in [5.74, 6) is 0.969. The standard InChI is InChI=1S/C27H27BrN4O3/c1-17(29-30-26(33)15-32-19(3)27(28)18(2)31-32)21-12-13-24(25(14-21)34-4)35-16-22-10-7-9-20-8-5-6-11-23(20)22/h5-14H,15-16H2,1-4H3,(H,30,33). The van der Waals surface area contributed by atoms with Crippen molar-refractivity contribution in [2.75, 3.05) is 7.11 Å². The number of hydrogen-bond acceptors (Lipinski definition) is 5. The van der Waals surface area contributed by atoms with Crippen molar-refractivity contribution in [1.29, 1.82) is 0 Å². The molecule has 0 aliphatic rings. The highest BCUT2D eigenvalue weighted by molar-refractivity contribution is 9.10. The summed E-state index contributed by atoms with van der Waals surface area (Å²) in [5.41, 5.74) is 6.89. The number of nitrogens with one attached hydrogen (secondary N) is 1. The second-order valence-corrected chi connectivity index (χ2v) is 8.96. The summed E-state index contributed by atoms with van der Waals surface area (Å²) in [6.07, 6.45) is 0. The topological polar surface area (TPSA) is 77.7 Å². The lowest BCUT2D eigenvalue weighted by atomic mass is 10.1. The van der Waals surface area contributed by atoms with Gasteiger partial charge in [-0.25, -0.2) is 5.43 Å². The average molecular weight is 535 g/mol. The zero-order valence-electron chi connectivity index (χ0n) is 20.1. The minimum Gasteiger partial charge on any atom is -0.493 e. The Hall–Kier alpha value is -3.65. The number of aryl methyl sites for hydroxylation is 1. The highest BCUT2D eigenvalue weighted by Gasteiger charge is 2.13. The van der Waals surface area contributed by atoms with Crippen LogP contribution in [-0.2, 0) is 17.9 Å². The normalized spacial score (nSPS) is 11.5. The van der Waals surface area contributed by atoms with E-state index in [1.165, 1.54) is 5.39 Å². The first-order chi connectivity index (χ1) is 16.9. The number of ether oxygens (including phenoxy) is 2. The predicted octanol–water partition coefficient (Wildman–Crippen LogP) is 5.54. The molecule has 3 aromatic carbocycles. The fourth-order valence-corrected chi connectivity index (χ4v) is 4.08. The van der Waals surface area contributed by atoms with Gasteiger partial charge in [-0.3, -0.25) is 9.48 Å². The zero-order valence-corrected chi connectivity index (χ0v) is 21.7. The maximum atomic E-state index is 12.4. The van der Waals surface area contributed by atoms with Crippen molar-refractivity contribution in [3.05, 3.63) is 87.7 Å². The van der Waals surface area contributed by atoms with Gasteiger partial charge in [-0.15, -0.1) is 0 Å². The number of hydrogen-bond donors (Lipinski definition) is 1. The third-order valence-electron chi connectivity index (χ3n) is 5.78. The number of amides is 1. The summed E-state index contributed by atoms with van der Waals surface area (Å²) >= 11 is 3.47. The molecule has 0 saturated heterocycles. The number of carbonyl (C=O) groups excluding carboxylic acids is 1. The maximum absolute atomic E-state index is 12.4. The Labute approximate surface area is 212 Å². The van der Waals surface area contributed by atoms with E-state index in [1.54, 1.807) is 11.8 Å². The third-order valence-corrected chi connectivity index (χ3v) is 6.93. The summed E-state index contributed by atoms with van der Waals surface area (Å²) in [6, 6.07) is 20.0. The molecule has 1 heterocycles. The number of fused-ring (bicyclic) bond motifs is 1. The molecular weight excluding hydrogens is 508 g/mol. The third kappa shape index (κ3) is 5.54. The average Bonchev–Trinajstić information content (AvgIpc) is 3.11. The van der Waals surface area contributed by atoms with Gasteiger partial charge in [0.15, 0.2) is 11.5 Å². The van der Waals surface area contributed by atoms with E-state index in [4.69, 9.17) is 9.47 Å². The largest absolute Gasteiger partial charge is 0.493 e. The van der Waals surface area contributed by atoms with Crippen molar-refractivity contribution in [2.24, 2.45) is 5.10 Å². The Morgan fingerprint density at radius 1 is 1.09 bits per heavy atom. The molecule has 8 heteroatoms. The Bertz CT molecular complexity index is 1410. The van der Waals surface area contributed by atoms with Crippen molar-refractivity contribution < 1.29 is 14.3 Å². The minimum atomic E-state index is -0.260. The summed E-state index contributed by atoms with van der Waals surface area (Å²) in [7, 11) is 1.60. The zero-order chi connectivity index (χ0) is 24.9. The van der Waals surface area contributed by atoms with Crippen molar-refractivity contribution in [2.45, 2.75) is 33.9 Å². The van der Waals surface area contributed by atoms with Gasteiger partial charge in [0.25, 0.3) is 5.91 Å². The number of aromatic nitrogens is 2. The molecule has 1 N–H and O–H groups in total. The van der Waals surface area contributed by atoms with Crippen LogP contribution in [0, 0.1) is 13.8 Å². The number of halogens is 1. The molecule has 180 valence electrons. The first-order valence-electron chi connectivity index (χ1n) is 11.2. The van der Waals surface area contributed by atoms with E-state index in [0.717, 1.165) is 32.4 Å². The number of rotatable bonds is 8. The number of carbonyl (C=O) groups is 1. The fourth-order valence-electron chi connectivity index (χ4n) is 3.80. The first-order valence-corrected chi connectivity index (χ1v) is 12.0. The van der Waals surface area contributed by atoms with Gasteiger partial charge in [-0.1, -0.05) is 42.5 Å². The van der Waals surface area contributed by atoms with Gasteiger partial charge in [-0.05, 0) is 71.2 Å². The lowest BCUT2D eigenvalue weighted by molar-refractivity contribution is -0.121. The molecule has 0 spiro atoms. The number of methoxy groups -OCH3 is 1. The van der Waals surface area contributed by atoms with E-state index < -0.39 is 0 Å². The summed E-state index contributed by atoms with van der Waals surface area (Å²) in [4.78, 5) is 12.4.